The third kappa shape index (κ3) is 6.69. The second-order valence-corrected chi connectivity index (χ2v) is 10.1. The van der Waals surface area contributed by atoms with Crippen LogP contribution in [0, 0.1) is 6.92 Å². The zero-order chi connectivity index (χ0) is 24.6. The van der Waals surface area contributed by atoms with Crippen molar-refractivity contribution in [2.75, 3.05) is 26.7 Å². The van der Waals surface area contributed by atoms with Crippen molar-refractivity contribution in [2.24, 2.45) is 0 Å². The van der Waals surface area contributed by atoms with E-state index in [9.17, 15) is 9.59 Å². The van der Waals surface area contributed by atoms with Crippen LogP contribution in [0.3, 0.4) is 0 Å². The molecule has 1 aliphatic heterocycles. The normalized spacial score (nSPS) is 17.5. The maximum absolute atomic E-state index is 13.6. The van der Waals surface area contributed by atoms with Gasteiger partial charge in [0, 0.05) is 25.5 Å². The summed E-state index contributed by atoms with van der Waals surface area (Å²) < 4.78 is 6.28. The second-order valence-electron chi connectivity index (χ2n) is 9.06. The SMILES string of the molecule is Cc1nc(CC(=O)N2CCCCCN(C)C(=O)c3ccccc3OC[C@@H]2Cc2ccccc2)cs1. The van der Waals surface area contributed by atoms with Crippen molar-refractivity contribution in [2.45, 2.75) is 45.1 Å². The van der Waals surface area contributed by atoms with Gasteiger partial charge >= 0.3 is 0 Å². The predicted octanol–water partition coefficient (Wildman–Crippen LogP) is 4.77. The molecule has 4 rings (SSSR count). The zero-order valence-corrected chi connectivity index (χ0v) is 21.3. The molecule has 184 valence electrons. The van der Waals surface area contributed by atoms with Crippen molar-refractivity contribution in [3.8, 4) is 5.75 Å². The summed E-state index contributed by atoms with van der Waals surface area (Å²) in [4.78, 5) is 34.9. The minimum absolute atomic E-state index is 0.0358. The molecule has 6 nitrogen and oxygen atoms in total. The van der Waals surface area contributed by atoms with E-state index in [1.165, 1.54) is 0 Å². The van der Waals surface area contributed by atoms with Crippen molar-refractivity contribution in [3.63, 3.8) is 0 Å². The van der Waals surface area contributed by atoms with Gasteiger partial charge in [0.25, 0.3) is 5.91 Å². The number of aryl methyl sites for hydroxylation is 1. The number of hydrogen-bond acceptors (Lipinski definition) is 5. The third-order valence-electron chi connectivity index (χ3n) is 6.36. The fourth-order valence-corrected chi connectivity index (χ4v) is 5.08. The molecule has 0 unspecified atom stereocenters. The number of carbonyl (C=O) groups is 2. The first-order valence-electron chi connectivity index (χ1n) is 12.2. The second kappa shape index (κ2) is 12.0. The molecule has 0 N–H and O–H groups in total. The highest BCUT2D eigenvalue weighted by Crippen LogP contribution is 2.23. The number of thiazole rings is 1. The van der Waals surface area contributed by atoms with Crippen LogP contribution in [0.2, 0.25) is 0 Å². The highest BCUT2D eigenvalue weighted by atomic mass is 32.1. The van der Waals surface area contributed by atoms with E-state index >= 15 is 0 Å². The summed E-state index contributed by atoms with van der Waals surface area (Å²) in [5.74, 6) is 0.589. The Bertz CT molecular complexity index is 1130. The van der Waals surface area contributed by atoms with Crippen LogP contribution in [0.25, 0.3) is 0 Å². The van der Waals surface area contributed by atoms with E-state index in [1.54, 1.807) is 16.2 Å². The van der Waals surface area contributed by atoms with Gasteiger partial charge in [-0.1, -0.05) is 42.5 Å². The van der Waals surface area contributed by atoms with Crippen LogP contribution < -0.4 is 4.74 Å². The van der Waals surface area contributed by atoms with Crippen molar-refractivity contribution >= 4 is 23.2 Å². The number of benzene rings is 2. The maximum Gasteiger partial charge on any atom is 0.257 e. The van der Waals surface area contributed by atoms with Gasteiger partial charge in [-0.2, -0.15) is 0 Å². The van der Waals surface area contributed by atoms with Crippen LogP contribution in [0.1, 0.15) is 45.9 Å². The van der Waals surface area contributed by atoms with Gasteiger partial charge in [-0.15, -0.1) is 11.3 Å². The molecule has 0 spiro atoms. The van der Waals surface area contributed by atoms with Crippen LogP contribution in [-0.4, -0.2) is 59.4 Å². The minimum Gasteiger partial charge on any atom is -0.491 e. The third-order valence-corrected chi connectivity index (χ3v) is 7.18. The molecule has 2 heterocycles. The number of aromatic nitrogens is 1. The Kier molecular flexibility index (Phi) is 8.53. The topological polar surface area (TPSA) is 62.7 Å². The average Bonchev–Trinajstić information content (AvgIpc) is 3.28. The monoisotopic (exact) mass is 491 g/mol. The van der Waals surface area contributed by atoms with Crippen LogP contribution in [0.5, 0.6) is 5.75 Å². The average molecular weight is 492 g/mol. The van der Waals surface area contributed by atoms with E-state index in [0.717, 1.165) is 35.5 Å². The molecule has 2 amide bonds. The van der Waals surface area contributed by atoms with E-state index in [-0.39, 0.29) is 24.3 Å². The molecule has 0 saturated carbocycles. The molecule has 0 aliphatic carbocycles. The fraction of sp³-hybridized carbons (Fsp3) is 0.393. The highest BCUT2D eigenvalue weighted by Gasteiger charge is 2.27. The Hall–Kier alpha value is -3.19. The number of rotatable bonds is 4. The van der Waals surface area contributed by atoms with E-state index < -0.39 is 0 Å². The van der Waals surface area contributed by atoms with Crippen LogP contribution in [0.4, 0.5) is 0 Å². The van der Waals surface area contributed by atoms with Gasteiger partial charge < -0.3 is 14.5 Å². The Morgan fingerprint density at radius 1 is 1.06 bits per heavy atom. The number of fused-ring (bicyclic) bond motifs is 1. The fourth-order valence-electron chi connectivity index (χ4n) is 4.47. The van der Waals surface area contributed by atoms with Crippen molar-refractivity contribution < 1.29 is 14.3 Å². The summed E-state index contributed by atoms with van der Waals surface area (Å²) in [6.07, 6.45) is 3.67. The molecule has 0 saturated heterocycles. The quantitative estimate of drug-likeness (QED) is 0.528. The Balaban J connectivity index is 1.64. The predicted molar refractivity (Wildman–Crippen MR) is 139 cm³/mol. The Labute approximate surface area is 211 Å². The molecule has 1 atom stereocenters. The zero-order valence-electron chi connectivity index (χ0n) is 20.5. The lowest BCUT2D eigenvalue weighted by Gasteiger charge is -2.32. The van der Waals surface area contributed by atoms with Gasteiger partial charge in [0.05, 0.1) is 28.7 Å². The smallest absolute Gasteiger partial charge is 0.257 e. The lowest BCUT2D eigenvalue weighted by atomic mass is 10.0. The summed E-state index contributed by atoms with van der Waals surface area (Å²) in [6.45, 7) is 3.60. The minimum atomic E-state index is -0.161. The lowest BCUT2D eigenvalue weighted by Crippen LogP contribution is -2.46. The van der Waals surface area contributed by atoms with Crippen molar-refractivity contribution in [1.82, 2.24) is 14.8 Å². The molecule has 7 heteroatoms. The summed E-state index contributed by atoms with van der Waals surface area (Å²) >= 11 is 1.57. The van der Waals surface area contributed by atoms with E-state index in [4.69, 9.17) is 4.74 Å². The maximum atomic E-state index is 13.6. The summed E-state index contributed by atoms with van der Waals surface area (Å²) in [6, 6.07) is 17.4. The lowest BCUT2D eigenvalue weighted by molar-refractivity contribution is -0.133. The molecule has 35 heavy (non-hydrogen) atoms. The van der Waals surface area contributed by atoms with Gasteiger partial charge in [0.2, 0.25) is 5.91 Å². The number of amides is 2. The number of para-hydroxylation sites is 1. The van der Waals surface area contributed by atoms with E-state index in [2.05, 4.69) is 17.1 Å². The first-order valence-corrected chi connectivity index (χ1v) is 13.1. The van der Waals surface area contributed by atoms with Gasteiger partial charge in [-0.3, -0.25) is 9.59 Å². The number of nitrogens with zero attached hydrogens (tertiary/aromatic N) is 3. The Morgan fingerprint density at radius 2 is 1.80 bits per heavy atom. The standard InChI is InChI=1S/C28H33N3O3S/c1-21-29-23(20-35-21)18-27(32)31-16-10-4-9-15-30(2)28(33)25-13-7-8-14-26(25)34-19-24(31)17-22-11-5-3-6-12-22/h3,5-8,11-14,20,24H,4,9-10,15-19H2,1-2H3/t24-/m0/s1. The van der Waals surface area contributed by atoms with Crippen molar-refractivity contribution in [3.05, 3.63) is 81.8 Å². The molecule has 2 aromatic carbocycles. The number of ether oxygens (including phenoxy) is 1. The molecule has 1 aliphatic rings. The molecular formula is C28H33N3O3S. The van der Waals surface area contributed by atoms with Crippen LogP contribution in [-0.2, 0) is 17.6 Å². The molecule has 0 bridgehead atoms. The first kappa shape index (κ1) is 24.9. The van der Waals surface area contributed by atoms with Crippen LogP contribution >= 0.6 is 11.3 Å². The van der Waals surface area contributed by atoms with Gasteiger partial charge in [0.1, 0.15) is 12.4 Å². The molecule has 0 radical (unpaired) electrons. The largest absolute Gasteiger partial charge is 0.491 e. The first-order chi connectivity index (χ1) is 17.0. The van der Waals surface area contributed by atoms with E-state index in [1.807, 2.05) is 66.7 Å². The summed E-state index contributed by atoms with van der Waals surface area (Å²) in [5.41, 5.74) is 2.53. The summed E-state index contributed by atoms with van der Waals surface area (Å²) in [5, 5.41) is 2.93. The van der Waals surface area contributed by atoms with Gasteiger partial charge in [-0.25, -0.2) is 4.98 Å². The molecular weight excluding hydrogens is 458 g/mol. The number of hydrogen-bond donors (Lipinski definition) is 0. The van der Waals surface area contributed by atoms with Crippen molar-refractivity contribution in [1.29, 1.82) is 0 Å². The number of carbonyl (C=O) groups excluding carboxylic acids is 2. The van der Waals surface area contributed by atoms with Gasteiger partial charge in [0.15, 0.2) is 0 Å². The van der Waals surface area contributed by atoms with Gasteiger partial charge in [-0.05, 0) is 50.3 Å². The molecule has 1 aromatic heterocycles. The highest BCUT2D eigenvalue weighted by molar-refractivity contribution is 7.09. The molecule has 0 fully saturated rings. The van der Waals surface area contributed by atoms with E-state index in [0.29, 0.717) is 37.4 Å². The Morgan fingerprint density at radius 3 is 2.57 bits per heavy atom. The molecule has 3 aromatic rings. The summed E-state index contributed by atoms with van der Waals surface area (Å²) in [7, 11) is 1.84. The van der Waals surface area contributed by atoms with Crippen LogP contribution in [0.15, 0.2) is 60.0 Å².